The molecule has 1 aliphatic carbocycles. The van der Waals surface area contributed by atoms with Gasteiger partial charge in [0.05, 0.1) is 6.04 Å². The molecule has 2 amide bonds. The Balaban J connectivity index is 1.86. The number of carbonyl (C=O) groups excluding carboxylic acids is 1. The molecule has 13 heavy (non-hydrogen) atoms. The van der Waals surface area contributed by atoms with Gasteiger partial charge in [0.1, 0.15) is 0 Å². The first kappa shape index (κ1) is 9.19. The van der Waals surface area contributed by atoms with Gasteiger partial charge < -0.3 is 10.2 Å². The molecule has 1 atom stereocenters. The third-order valence-corrected chi connectivity index (χ3v) is 3.30. The quantitative estimate of drug-likeness (QED) is 0.657. The summed E-state index contributed by atoms with van der Waals surface area (Å²) in [6.07, 6.45) is 3.92. The predicted molar refractivity (Wildman–Crippen MR) is 55.1 cm³/mol. The molecule has 0 bridgehead atoms. The van der Waals surface area contributed by atoms with Gasteiger partial charge in [-0.15, -0.1) is 0 Å². The second kappa shape index (κ2) is 3.78. The summed E-state index contributed by atoms with van der Waals surface area (Å²) in [7, 11) is 0. The fraction of sp³-hybridized carbons (Fsp3) is 0.889. The highest BCUT2D eigenvalue weighted by Gasteiger charge is 2.35. The molecular weight excluding hydrogens is 184 g/mol. The van der Waals surface area contributed by atoms with Crippen molar-refractivity contribution in [3.8, 4) is 0 Å². The second-order valence-electron chi connectivity index (χ2n) is 3.92. The molecule has 0 spiro atoms. The number of carbonyl (C=O) groups is 1. The van der Waals surface area contributed by atoms with Crippen molar-refractivity contribution in [3.05, 3.63) is 0 Å². The molecule has 0 aromatic carbocycles. The second-order valence-corrected chi connectivity index (χ2v) is 4.36. The largest absolute Gasteiger partial charge is 0.333 e. The molecule has 0 aromatic rings. The molecule has 1 heterocycles. The van der Waals surface area contributed by atoms with Gasteiger partial charge in [-0.3, -0.25) is 0 Å². The van der Waals surface area contributed by atoms with E-state index in [1.165, 1.54) is 19.3 Å². The Morgan fingerprint density at radius 3 is 2.85 bits per heavy atom. The Labute approximate surface area is 84.3 Å². The summed E-state index contributed by atoms with van der Waals surface area (Å²) in [5, 5.41) is 3.04. The third-order valence-electron chi connectivity index (χ3n) is 3.10. The maximum absolute atomic E-state index is 11.4. The maximum Gasteiger partial charge on any atom is 0.317 e. The zero-order valence-corrected chi connectivity index (χ0v) is 8.59. The van der Waals surface area contributed by atoms with Crippen LogP contribution in [0.15, 0.2) is 0 Å². The first-order valence-corrected chi connectivity index (χ1v) is 5.61. The van der Waals surface area contributed by atoms with Crippen molar-refractivity contribution in [1.82, 2.24) is 10.2 Å². The van der Waals surface area contributed by atoms with Crippen LogP contribution >= 0.6 is 12.6 Å². The van der Waals surface area contributed by atoms with E-state index >= 15 is 0 Å². The Hall–Kier alpha value is -0.380. The standard InChI is InChI=1S/C9H16N2OS/c12-9-10-8(7-2-1-3-7)6-11(9)4-5-13/h7-8,13H,1-6H2,(H,10,12). The summed E-state index contributed by atoms with van der Waals surface area (Å²) in [5.41, 5.74) is 0. The average Bonchev–Trinajstić information content (AvgIpc) is 2.30. The van der Waals surface area contributed by atoms with Crippen LogP contribution in [0.2, 0.25) is 0 Å². The van der Waals surface area contributed by atoms with E-state index in [0.717, 1.165) is 24.8 Å². The van der Waals surface area contributed by atoms with Crippen molar-refractivity contribution in [1.29, 1.82) is 0 Å². The minimum absolute atomic E-state index is 0.103. The van der Waals surface area contributed by atoms with Crippen molar-refractivity contribution in [2.45, 2.75) is 25.3 Å². The van der Waals surface area contributed by atoms with Crippen LogP contribution in [-0.4, -0.2) is 35.8 Å². The molecule has 2 aliphatic rings. The summed E-state index contributed by atoms with van der Waals surface area (Å²) in [5.74, 6) is 1.50. The van der Waals surface area contributed by atoms with Crippen molar-refractivity contribution in [3.63, 3.8) is 0 Å². The topological polar surface area (TPSA) is 32.3 Å². The Morgan fingerprint density at radius 2 is 2.31 bits per heavy atom. The smallest absolute Gasteiger partial charge is 0.317 e. The highest BCUT2D eigenvalue weighted by Crippen LogP contribution is 2.31. The minimum Gasteiger partial charge on any atom is -0.333 e. The monoisotopic (exact) mass is 200 g/mol. The number of nitrogens with one attached hydrogen (secondary N) is 1. The molecule has 1 N–H and O–H groups in total. The van der Waals surface area contributed by atoms with E-state index in [0.29, 0.717) is 6.04 Å². The Kier molecular flexibility index (Phi) is 2.67. The first-order chi connectivity index (χ1) is 6.31. The number of thiol groups is 1. The van der Waals surface area contributed by atoms with Crippen molar-refractivity contribution in [2.75, 3.05) is 18.8 Å². The molecular formula is C9H16N2OS. The van der Waals surface area contributed by atoms with Gasteiger partial charge in [0, 0.05) is 18.8 Å². The molecule has 1 saturated carbocycles. The van der Waals surface area contributed by atoms with Crippen LogP contribution in [0.25, 0.3) is 0 Å². The van der Waals surface area contributed by atoms with Gasteiger partial charge in [-0.2, -0.15) is 12.6 Å². The third kappa shape index (κ3) is 1.77. The fourth-order valence-corrected chi connectivity index (χ4v) is 2.28. The van der Waals surface area contributed by atoms with Crippen LogP contribution in [-0.2, 0) is 0 Å². The van der Waals surface area contributed by atoms with Gasteiger partial charge in [-0.1, -0.05) is 6.42 Å². The number of nitrogens with zero attached hydrogens (tertiary/aromatic N) is 1. The minimum atomic E-state index is 0.103. The number of urea groups is 1. The molecule has 3 nitrogen and oxygen atoms in total. The molecule has 74 valence electrons. The van der Waals surface area contributed by atoms with E-state index in [2.05, 4.69) is 17.9 Å². The molecule has 2 rings (SSSR count). The normalized spacial score (nSPS) is 28.8. The van der Waals surface area contributed by atoms with Gasteiger partial charge in [-0.05, 0) is 18.8 Å². The van der Waals surface area contributed by atoms with Gasteiger partial charge in [-0.25, -0.2) is 4.79 Å². The lowest BCUT2D eigenvalue weighted by atomic mass is 9.80. The molecule has 0 aromatic heterocycles. The highest BCUT2D eigenvalue weighted by molar-refractivity contribution is 7.80. The predicted octanol–water partition coefficient (Wildman–Crippen LogP) is 1.11. The average molecular weight is 200 g/mol. The lowest BCUT2D eigenvalue weighted by Crippen LogP contribution is -2.37. The SMILES string of the molecule is O=C1NC(C2CCC2)CN1CCS. The van der Waals surface area contributed by atoms with E-state index in [1.807, 2.05) is 4.90 Å². The van der Waals surface area contributed by atoms with Crippen LogP contribution in [0.5, 0.6) is 0 Å². The summed E-state index contributed by atoms with van der Waals surface area (Å²) in [4.78, 5) is 13.3. The molecule has 1 unspecified atom stereocenters. The number of hydrogen-bond donors (Lipinski definition) is 2. The lowest BCUT2D eigenvalue weighted by Gasteiger charge is -2.30. The number of hydrogen-bond acceptors (Lipinski definition) is 2. The van der Waals surface area contributed by atoms with Crippen LogP contribution in [0.3, 0.4) is 0 Å². The van der Waals surface area contributed by atoms with E-state index < -0.39 is 0 Å². The van der Waals surface area contributed by atoms with E-state index in [9.17, 15) is 4.79 Å². The molecule has 4 heteroatoms. The van der Waals surface area contributed by atoms with Crippen LogP contribution in [0.4, 0.5) is 4.79 Å². The zero-order chi connectivity index (χ0) is 9.26. The van der Waals surface area contributed by atoms with Crippen molar-refractivity contribution in [2.24, 2.45) is 5.92 Å². The van der Waals surface area contributed by atoms with Gasteiger partial charge in [0.15, 0.2) is 0 Å². The van der Waals surface area contributed by atoms with Gasteiger partial charge in [0.25, 0.3) is 0 Å². The van der Waals surface area contributed by atoms with E-state index in [1.54, 1.807) is 0 Å². The molecule has 0 radical (unpaired) electrons. The summed E-state index contributed by atoms with van der Waals surface area (Å²) in [6.45, 7) is 1.67. The van der Waals surface area contributed by atoms with Crippen molar-refractivity contribution < 1.29 is 4.79 Å². The van der Waals surface area contributed by atoms with E-state index in [-0.39, 0.29) is 6.03 Å². The van der Waals surface area contributed by atoms with Crippen LogP contribution < -0.4 is 5.32 Å². The summed E-state index contributed by atoms with van der Waals surface area (Å²) in [6, 6.07) is 0.520. The Morgan fingerprint density at radius 1 is 1.54 bits per heavy atom. The van der Waals surface area contributed by atoms with Crippen LogP contribution in [0, 0.1) is 5.92 Å². The molecule has 2 fully saturated rings. The van der Waals surface area contributed by atoms with Crippen molar-refractivity contribution >= 4 is 18.7 Å². The van der Waals surface area contributed by atoms with Gasteiger partial charge >= 0.3 is 6.03 Å². The molecule has 1 aliphatic heterocycles. The first-order valence-electron chi connectivity index (χ1n) is 4.97. The summed E-state index contributed by atoms with van der Waals surface area (Å²) < 4.78 is 0. The van der Waals surface area contributed by atoms with Gasteiger partial charge in [0.2, 0.25) is 0 Å². The number of rotatable bonds is 3. The lowest BCUT2D eigenvalue weighted by molar-refractivity contribution is 0.220. The van der Waals surface area contributed by atoms with E-state index in [4.69, 9.17) is 0 Å². The van der Waals surface area contributed by atoms with Crippen LogP contribution in [0.1, 0.15) is 19.3 Å². The molecule has 1 saturated heterocycles. The Bertz CT molecular complexity index is 206. The fourth-order valence-electron chi connectivity index (χ4n) is 2.04. The zero-order valence-electron chi connectivity index (χ0n) is 7.70. The highest BCUT2D eigenvalue weighted by atomic mass is 32.1. The summed E-state index contributed by atoms with van der Waals surface area (Å²) >= 11 is 4.13. The maximum atomic E-state index is 11.4. The number of amides is 2.